The molecule has 8 aromatic carbocycles. The van der Waals surface area contributed by atoms with Crippen LogP contribution in [0.1, 0.15) is 45.1 Å². The first-order chi connectivity index (χ1) is 31.2. The molecule has 63 heavy (non-hydrogen) atoms. The van der Waals surface area contributed by atoms with Gasteiger partial charge in [-0.3, -0.25) is 9.97 Å². The van der Waals surface area contributed by atoms with Crippen LogP contribution in [0.4, 0.5) is 0 Å². The summed E-state index contributed by atoms with van der Waals surface area (Å²) in [7, 11) is 0. The van der Waals surface area contributed by atoms with Gasteiger partial charge in [-0.15, -0.1) is 0 Å². The molecule has 0 atom stereocenters. The normalized spacial score (nSPS) is 14.1. The van der Waals surface area contributed by atoms with Gasteiger partial charge in [0.25, 0.3) is 0 Å². The van der Waals surface area contributed by atoms with Gasteiger partial charge in [-0.05, 0) is 97.6 Å². The zero-order valence-corrected chi connectivity index (χ0v) is 34.2. The monoisotopic (exact) mass is 805 g/mol. The summed E-state index contributed by atoms with van der Waals surface area (Å²) in [6.07, 6.45) is 3.15. The molecule has 1 N–H and O–H groups in total. The summed E-state index contributed by atoms with van der Waals surface area (Å²) in [5.41, 5.74) is 16.0. The molecule has 0 spiro atoms. The quantitative estimate of drug-likeness (QED) is 0.163. The third-order valence-corrected chi connectivity index (χ3v) is 12.7. The Bertz CT molecular complexity index is 3320. The summed E-state index contributed by atoms with van der Waals surface area (Å²) >= 11 is 0. The predicted octanol–water partition coefficient (Wildman–Crippen LogP) is 13.0. The van der Waals surface area contributed by atoms with Crippen molar-refractivity contribution >= 4 is 33.5 Å². The van der Waals surface area contributed by atoms with Crippen LogP contribution in [0.2, 0.25) is 0 Å². The first-order valence-electron chi connectivity index (χ1n) is 21.4. The molecule has 3 heterocycles. The number of pyridine rings is 2. The number of nitrogens with one attached hydrogen (secondary N) is 1. The number of aromatic nitrogens is 2. The van der Waals surface area contributed by atoms with Gasteiger partial charge in [0.1, 0.15) is 11.7 Å². The number of aliphatic imine (C=N–C) groups is 2. The van der Waals surface area contributed by atoms with Crippen LogP contribution in [0, 0.1) is 0 Å². The van der Waals surface area contributed by atoms with Crippen molar-refractivity contribution in [3.8, 4) is 33.4 Å². The summed E-state index contributed by atoms with van der Waals surface area (Å²) in [6.45, 7) is 0. The largest absolute Gasteiger partial charge is 0.324 e. The maximum absolute atomic E-state index is 5.39. The van der Waals surface area contributed by atoms with Gasteiger partial charge in [0.15, 0.2) is 6.17 Å². The first kappa shape index (κ1) is 36.6. The van der Waals surface area contributed by atoms with E-state index in [0.29, 0.717) is 0 Å². The van der Waals surface area contributed by atoms with Crippen molar-refractivity contribution in [2.24, 2.45) is 9.98 Å². The number of nitrogens with zero attached hydrogens (tertiary/aromatic N) is 4. The number of hydrogen-bond donors (Lipinski definition) is 1. The average Bonchev–Trinajstić information content (AvgIpc) is 3.68. The lowest BCUT2D eigenvalue weighted by molar-refractivity contribution is 0.756. The van der Waals surface area contributed by atoms with E-state index < -0.39 is 11.6 Å². The summed E-state index contributed by atoms with van der Waals surface area (Å²) < 4.78 is 0. The van der Waals surface area contributed by atoms with Crippen LogP contribution >= 0.6 is 0 Å². The summed E-state index contributed by atoms with van der Waals surface area (Å²) in [5, 5.41) is 5.66. The molecular weight excluding hydrogens is 767 g/mol. The van der Waals surface area contributed by atoms with Gasteiger partial charge in [0, 0.05) is 34.3 Å². The standard InChI is InChI=1S/C58H39N5/c1-5-18-38(19-6-1)55-61-56(39-20-7-2-8-21-39)63-57(62-55)43-35-41(34-42(36-43)49-37-40-22-16-32-59-53(40)54-47(49)29-17-33-60-54)46-28-15-31-51-52(46)48-27-13-14-30-50(48)58(51,44-23-9-3-10-24-44)45-25-11-4-12-26-45/h1-37,57H,(H,61,62,63). The van der Waals surface area contributed by atoms with Gasteiger partial charge in [0.05, 0.1) is 16.4 Å². The number of fused-ring (bicyclic) bond motifs is 6. The SMILES string of the molecule is c1ccc(C2=NC(c3cc(-c4cccc5c4-c4ccccc4C5(c4ccccc4)c4ccccc4)cc(-c4cc5cccnc5c5ncccc45)c3)N=C(c3ccccc3)N2)cc1. The Hall–Kier alpha value is -8.28. The summed E-state index contributed by atoms with van der Waals surface area (Å²) in [6, 6.07) is 75.9. The molecule has 296 valence electrons. The molecule has 0 saturated carbocycles. The number of amidine groups is 2. The molecule has 0 fully saturated rings. The third kappa shape index (κ3) is 6.00. The average molecular weight is 806 g/mol. The van der Waals surface area contributed by atoms with Gasteiger partial charge in [0.2, 0.25) is 0 Å². The molecule has 2 aromatic heterocycles. The van der Waals surface area contributed by atoms with Crippen molar-refractivity contribution in [3.63, 3.8) is 0 Å². The first-order valence-corrected chi connectivity index (χ1v) is 21.4. The van der Waals surface area contributed by atoms with Gasteiger partial charge in [-0.1, -0.05) is 176 Å². The van der Waals surface area contributed by atoms with E-state index in [2.05, 4.69) is 169 Å². The molecule has 2 aliphatic rings. The van der Waals surface area contributed by atoms with Crippen molar-refractivity contribution in [2.45, 2.75) is 11.6 Å². The van der Waals surface area contributed by atoms with Crippen LogP contribution < -0.4 is 5.32 Å². The second-order valence-corrected chi connectivity index (χ2v) is 16.2. The van der Waals surface area contributed by atoms with E-state index in [1.807, 2.05) is 60.9 Å². The fourth-order valence-corrected chi connectivity index (χ4v) is 9.95. The van der Waals surface area contributed by atoms with Crippen LogP contribution in [-0.2, 0) is 5.41 Å². The molecule has 0 saturated heterocycles. The van der Waals surface area contributed by atoms with Gasteiger partial charge >= 0.3 is 0 Å². The zero-order valence-electron chi connectivity index (χ0n) is 34.2. The molecule has 5 nitrogen and oxygen atoms in total. The van der Waals surface area contributed by atoms with Gasteiger partial charge in [-0.25, -0.2) is 9.98 Å². The topological polar surface area (TPSA) is 62.5 Å². The fraction of sp³-hybridized carbons (Fsp3) is 0.0345. The Kier molecular flexibility index (Phi) is 8.71. The molecule has 0 amide bonds. The highest BCUT2D eigenvalue weighted by Crippen LogP contribution is 2.58. The minimum Gasteiger partial charge on any atom is -0.324 e. The summed E-state index contributed by atoms with van der Waals surface area (Å²) in [4.78, 5) is 20.5. The highest BCUT2D eigenvalue weighted by atomic mass is 15.2. The minimum atomic E-state index is -0.543. The molecule has 0 unspecified atom stereocenters. The van der Waals surface area contributed by atoms with Crippen molar-refractivity contribution in [2.75, 3.05) is 0 Å². The zero-order chi connectivity index (χ0) is 41.7. The van der Waals surface area contributed by atoms with Gasteiger partial charge < -0.3 is 5.32 Å². The lowest BCUT2D eigenvalue weighted by Gasteiger charge is -2.34. The second kappa shape index (κ2) is 15.0. The van der Waals surface area contributed by atoms with E-state index in [1.165, 1.54) is 33.4 Å². The van der Waals surface area contributed by atoms with Crippen LogP contribution in [0.3, 0.4) is 0 Å². The van der Waals surface area contributed by atoms with Crippen LogP contribution in [0.5, 0.6) is 0 Å². The maximum Gasteiger partial charge on any atom is 0.169 e. The van der Waals surface area contributed by atoms with E-state index in [9.17, 15) is 0 Å². The Morgan fingerprint density at radius 1 is 0.397 bits per heavy atom. The Morgan fingerprint density at radius 2 is 0.937 bits per heavy atom. The van der Waals surface area contributed by atoms with Crippen LogP contribution in [-0.4, -0.2) is 21.6 Å². The molecular formula is C58H39N5. The van der Waals surface area contributed by atoms with Crippen molar-refractivity contribution in [3.05, 3.63) is 264 Å². The smallest absolute Gasteiger partial charge is 0.169 e. The van der Waals surface area contributed by atoms with Crippen molar-refractivity contribution in [1.29, 1.82) is 0 Å². The molecule has 0 bridgehead atoms. The highest BCUT2D eigenvalue weighted by Gasteiger charge is 2.46. The lowest BCUT2D eigenvalue weighted by Crippen LogP contribution is -2.36. The fourth-order valence-electron chi connectivity index (χ4n) is 9.95. The molecule has 12 rings (SSSR count). The minimum absolute atomic E-state index is 0.531. The predicted molar refractivity (Wildman–Crippen MR) is 257 cm³/mol. The second-order valence-electron chi connectivity index (χ2n) is 16.2. The molecule has 5 heteroatoms. The molecule has 0 radical (unpaired) electrons. The lowest BCUT2D eigenvalue weighted by atomic mass is 9.67. The Morgan fingerprint density at radius 3 is 1.60 bits per heavy atom. The molecule has 10 aromatic rings. The maximum atomic E-state index is 5.39. The number of benzene rings is 8. The van der Waals surface area contributed by atoms with E-state index in [-0.39, 0.29) is 0 Å². The van der Waals surface area contributed by atoms with Crippen molar-refractivity contribution < 1.29 is 0 Å². The van der Waals surface area contributed by atoms with Crippen LogP contribution in [0.15, 0.2) is 235 Å². The highest BCUT2D eigenvalue weighted by molar-refractivity contribution is 6.16. The summed E-state index contributed by atoms with van der Waals surface area (Å²) in [5.74, 6) is 1.55. The number of rotatable bonds is 7. The van der Waals surface area contributed by atoms with E-state index in [1.54, 1.807) is 0 Å². The molecule has 1 aliphatic heterocycles. The Balaban J connectivity index is 1.15. The van der Waals surface area contributed by atoms with E-state index in [0.717, 1.165) is 72.4 Å². The van der Waals surface area contributed by atoms with Crippen LogP contribution in [0.25, 0.3) is 55.2 Å². The number of hydrogen-bond acceptors (Lipinski definition) is 5. The Labute approximate surface area is 365 Å². The third-order valence-electron chi connectivity index (χ3n) is 12.7. The van der Waals surface area contributed by atoms with E-state index in [4.69, 9.17) is 20.0 Å². The van der Waals surface area contributed by atoms with E-state index >= 15 is 0 Å². The molecule has 1 aliphatic carbocycles. The van der Waals surface area contributed by atoms with Gasteiger partial charge in [-0.2, -0.15) is 0 Å². The van der Waals surface area contributed by atoms with Crippen molar-refractivity contribution in [1.82, 2.24) is 15.3 Å².